The van der Waals surface area contributed by atoms with Crippen molar-refractivity contribution < 1.29 is 17.9 Å². The first-order valence-electron chi connectivity index (χ1n) is 6.31. The Morgan fingerprint density at radius 2 is 2.05 bits per heavy atom. The van der Waals surface area contributed by atoms with Crippen LogP contribution in [0, 0.1) is 0 Å². The Morgan fingerprint density at radius 3 is 2.68 bits per heavy atom. The summed E-state index contributed by atoms with van der Waals surface area (Å²) in [5, 5.41) is 3.31. The first-order chi connectivity index (χ1) is 8.95. The van der Waals surface area contributed by atoms with E-state index in [0.717, 1.165) is 12.6 Å². The lowest BCUT2D eigenvalue weighted by molar-refractivity contribution is -0.217. The molecule has 19 heavy (non-hydrogen) atoms. The Balaban J connectivity index is 1.83. The predicted octanol–water partition coefficient (Wildman–Crippen LogP) is 2.80. The van der Waals surface area contributed by atoms with Crippen LogP contribution in [-0.2, 0) is 17.9 Å². The van der Waals surface area contributed by atoms with Crippen LogP contribution in [0.4, 0.5) is 13.2 Å². The van der Waals surface area contributed by atoms with Gasteiger partial charge in [-0.15, -0.1) is 0 Å². The molecular formula is C13H17F3N2O. The molecule has 3 nitrogen and oxygen atoms in total. The number of hydrogen-bond donors (Lipinski definition) is 1. The van der Waals surface area contributed by atoms with Crippen LogP contribution in [0.1, 0.15) is 31.2 Å². The van der Waals surface area contributed by atoms with E-state index in [9.17, 15) is 13.2 Å². The van der Waals surface area contributed by atoms with Crippen LogP contribution >= 0.6 is 0 Å². The molecule has 0 radical (unpaired) electrons. The second-order valence-corrected chi connectivity index (χ2v) is 4.77. The molecule has 0 spiro atoms. The van der Waals surface area contributed by atoms with Crippen molar-refractivity contribution in [3.63, 3.8) is 0 Å². The highest BCUT2D eigenvalue weighted by atomic mass is 19.4. The zero-order valence-electron chi connectivity index (χ0n) is 10.7. The largest absolute Gasteiger partial charge is 0.414 e. The molecule has 2 rings (SSSR count). The molecule has 1 aliphatic carbocycles. The second-order valence-electron chi connectivity index (χ2n) is 4.77. The van der Waals surface area contributed by atoms with Gasteiger partial charge < -0.3 is 10.1 Å². The normalized spacial score (nSPS) is 17.5. The van der Waals surface area contributed by atoms with Crippen LogP contribution in [0.15, 0.2) is 18.2 Å². The highest BCUT2D eigenvalue weighted by Crippen LogP contribution is 2.23. The van der Waals surface area contributed by atoms with E-state index >= 15 is 0 Å². The molecule has 1 atom stereocenters. The van der Waals surface area contributed by atoms with Crippen LogP contribution < -0.4 is 5.32 Å². The summed E-state index contributed by atoms with van der Waals surface area (Å²) in [6, 6.07) is 5.89. The summed E-state index contributed by atoms with van der Waals surface area (Å²) in [7, 11) is 0. The van der Waals surface area contributed by atoms with Crippen LogP contribution in [0.3, 0.4) is 0 Å². The zero-order chi connectivity index (χ0) is 13.9. The van der Waals surface area contributed by atoms with Gasteiger partial charge in [-0.25, -0.2) is 0 Å². The highest BCUT2D eigenvalue weighted by Gasteiger charge is 2.36. The molecule has 1 saturated carbocycles. The lowest BCUT2D eigenvalue weighted by Gasteiger charge is -2.16. The first kappa shape index (κ1) is 14.3. The minimum Gasteiger partial charge on any atom is -0.363 e. The minimum absolute atomic E-state index is 0.127. The van der Waals surface area contributed by atoms with Crippen molar-refractivity contribution in [2.45, 2.75) is 51.2 Å². The molecule has 0 aromatic carbocycles. The average Bonchev–Trinajstić information content (AvgIpc) is 3.17. The number of halogens is 3. The van der Waals surface area contributed by atoms with Gasteiger partial charge in [0.2, 0.25) is 0 Å². The number of rotatable bonds is 6. The Morgan fingerprint density at radius 1 is 1.37 bits per heavy atom. The van der Waals surface area contributed by atoms with E-state index in [1.54, 1.807) is 12.1 Å². The van der Waals surface area contributed by atoms with Gasteiger partial charge in [-0.1, -0.05) is 6.07 Å². The minimum atomic E-state index is -4.33. The van der Waals surface area contributed by atoms with E-state index in [2.05, 4.69) is 10.3 Å². The molecule has 1 aromatic rings. The molecule has 0 amide bonds. The summed E-state index contributed by atoms with van der Waals surface area (Å²) in [6.45, 7) is 1.52. The molecule has 0 saturated heterocycles. The van der Waals surface area contributed by atoms with Crippen molar-refractivity contribution in [2.75, 3.05) is 0 Å². The smallest absolute Gasteiger partial charge is 0.363 e. The van der Waals surface area contributed by atoms with Gasteiger partial charge in [0.25, 0.3) is 0 Å². The molecule has 1 fully saturated rings. The van der Waals surface area contributed by atoms with Crippen LogP contribution in [-0.4, -0.2) is 23.3 Å². The molecule has 1 heterocycles. The average molecular weight is 274 g/mol. The van der Waals surface area contributed by atoms with Gasteiger partial charge >= 0.3 is 6.18 Å². The lowest BCUT2D eigenvalue weighted by atomic mass is 10.3. The van der Waals surface area contributed by atoms with Crippen molar-refractivity contribution in [2.24, 2.45) is 0 Å². The zero-order valence-corrected chi connectivity index (χ0v) is 10.7. The summed E-state index contributed by atoms with van der Waals surface area (Å²) in [6.07, 6.45) is -3.73. The molecule has 106 valence electrons. The van der Waals surface area contributed by atoms with Crippen molar-refractivity contribution in [1.82, 2.24) is 10.3 Å². The van der Waals surface area contributed by atoms with Crippen molar-refractivity contribution in [3.8, 4) is 0 Å². The summed E-state index contributed by atoms with van der Waals surface area (Å²) in [4.78, 5) is 4.27. The molecule has 0 bridgehead atoms. The van der Waals surface area contributed by atoms with Crippen molar-refractivity contribution in [1.29, 1.82) is 0 Å². The monoisotopic (exact) mass is 274 g/mol. The van der Waals surface area contributed by atoms with E-state index < -0.39 is 12.3 Å². The summed E-state index contributed by atoms with van der Waals surface area (Å²) >= 11 is 0. The van der Waals surface area contributed by atoms with E-state index in [1.165, 1.54) is 12.8 Å². The summed E-state index contributed by atoms with van der Waals surface area (Å²) in [5.41, 5.74) is 1.35. The maximum absolute atomic E-state index is 12.3. The van der Waals surface area contributed by atoms with Gasteiger partial charge in [0.05, 0.1) is 18.0 Å². The van der Waals surface area contributed by atoms with Gasteiger partial charge in [0.1, 0.15) is 0 Å². The molecular weight excluding hydrogens is 257 g/mol. The number of nitrogens with zero attached hydrogens (tertiary/aromatic N) is 1. The number of nitrogens with one attached hydrogen (secondary N) is 1. The summed E-state index contributed by atoms with van der Waals surface area (Å²) < 4.78 is 41.7. The van der Waals surface area contributed by atoms with Gasteiger partial charge in [0.15, 0.2) is 6.10 Å². The molecule has 0 aliphatic heterocycles. The van der Waals surface area contributed by atoms with Crippen molar-refractivity contribution in [3.05, 3.63) is 29.6 Å². The molecule has 1 aliphatic rings. The van der Waals surface area contributed by atoms with Crippen LogP contribution in [0.5, 0.6) is 0 Å². The number of pyridine rings is 1. The Labute approximate surface area is 110 Å². The standard InChI is InChI=1S/C13H17F3N2O/c1-9(13(14,15)16)19-8-12-4-2-3-11(18-12)7-17-10-5-6-10/h2-4,9-10,17H,5-8H2,1H3. The topological polar surface area (TPSA) is 34.1 Å². The van der Waals surface area contributed by atoms with Gasteiger partial charge in [-0.05, 0) is 31.9 Å². The molecule has 1 aromatic heterocycles. The Kier molecular flexibility index (Phi) is 4.42. The van der Waals surface area contributed by atoms with Crippen LogP contribution in [0.25, 0.3) is 0 Å². The fraction of sp³-hybridized carbons (Fsp3) is 0.615. The van der Waals surface area contributed by atoms with E-state index in [1.807, 2.05) is 6.07 Å². The number of ether oxygens (including phenoxy) is 1. The van der Waals surface area contributed by atoms with Gasteiger partial charge in [-0.2, -0.15) is 13.2 Å². The number of alkyl halides is 3. The Bertz CT molecular complexity index is 419. The third-order valence-corrected chi connectivity index (χ3v) is 2.96. The fourth-order valence-corrected chi connectivity index (χ4v) is 1.55. The van der Waals surface area contributed by atoms with E-state index in [4.69, 9.17) is 4.74 Å². The van der Waals surface area contributed by atoms with Crippen molar-refractivity contribution >= 4 is 0 Å². The van der Waals surface area contributed by atoms with E-state index in [-0.39, 0.29) is 6.61 Å². The number of aromatic nitrogens is 1. The highest BCUT2D eigenvalue weighted by molar-refractivity contribution is 5.11. The van der Waals surface area contributed by atoms with Gasteiger partial charge in [0, 0.05) is 12.6 Å². The maximum Gasteiger partial charge on any atom is 0.414 e. The quantitative estimate of drug-likeness (QED) is 0.866. The molecule has 1 unspecified atom stereocenters. The van der Waals surface area contributed by atoms with E-state index in [0.29, 0.717) is 18.3 Å². The molecule has 1 N–H and O–H groups in total. The first-order valence-corrected chi connectivity index (χ1v) is 6.31. The maximum atomic E-state index is 12.3. The third kappa shape index (κ3) is 4.80. The lowest BCUT2D eigenvalue weighted by Crippen LogP contribution is -2.28. The number of hydrogen-bond acceptors (Lipinski definition) is 3. The Hall–Kier alpha value is -1.14. The third-order valence-electron chi connectivity index (χ3n) is 2.96. The SMILES string of the molecule is CC(OCc1cccc(CNC2CC2)n1)C(F)(F)F. The second kappa shape index (κ2) is 5.88. The fourth-order valence-electron chi connectivity index (χ4n) is 1.55. The van der Waals surface area contributed by atoms with Crippen LogP contribution in [0.2, 0.25) is 0 Å². The molecule has 6 heteroatoms. The summed E-state index contributed by atoms with van der Waals surface area (Å²) in [5.74, 6) is 0. The predicted molar refractivity (Wildman–Crippen MR) is 64.4 cm³/mol. The van der Waals surface area contributed by atoms with Gasteiger partial charge in [-0.3, -0.25) is 4.98 Å².